The summed E-state index contributed by atoms with van der Waals surface area (Å²) < 4.78 is 0. The molecule has 2 rings (SSSR count). The Morgan fingerprint density at radius 3 is 2.35 bits per heavy atom. The zero-order chi connectivity index (χ0) is 14.5. The maximum Gasteiger partial charge on any atom is 0.191 e. The van der Waals surface area contributed by atoms with E-state index in [4.69, 9.17) is 0 Å². The largest absolute Gasteiger partial charge is 0.350 e. The molecule has 2 N–H and O–H groups in total. The molecule has 0 saturated heterocycles. The first kappa shape index (κ1) is 14.9. The lowest BCUT2D eigenvalue weighted by atomic mass is 10.4. The molecular weight excluding hydrogens is 290 g/mol. The van der Waals surface area contributed by atoms with Crippen LogP contribution in [0.5, 0.6) is 0 Å². The molecule has 0 fully saturated rings. The van der Waals surface area contributed by atoms with Crippen LogP contribution >= 0.6 is 22.7 Å². The summed E-state index contributed by atoms with van der Waals surface area (Å²) in [6.07, 6.45) is 0. The minimum Gasteiger partial charge on any atom is -0.350 e. The van der Waals surface area contributed by atoms with Crippen LogP contribution in [0.1, 0.15) is 26.3 Å². The molecule has 2 aromatic rings. The van der Waals surface area contributed by atoms with Crippen molar-refractivity contribution in [2.24, 2.45) is 4.99 Å². The number of aryl methyl sites for hydroxylation is 3. The Kier molecular flexibility index (Phi) is 5.08. The molecule has 0 spiro atoms. The SMILES string of the molecule is CN=C(NCc1nc(C)cs1)NCc1nc(C)c(C)s1. The van der Waals surface area contributed by atoms with E-state index in [1.54, 1.807) is 29.7 Å². The van der Waals surface area contributed by atoms with Gasteiger partial charge in [0.1, 0.15) is 10.0 Å². The highest BCUT2D eigenvalue weighted by molar-refractivity contribution is 7.11. The number of thiazole rings is 2. The topological polar surface area (TPSA) is 62.2 Å². The molecule has 2 aromatic heterocycles. The van der Waals surface area contributed by atoms with Gasteiger partial charge in [-0.2, -0.15) is 0 Å². The zero-order valence-electron chi connectivity index (χ0n) is 12.1. The molecule has 0 aliphatic rings. The highest BCUT2D eigenvalue weighted by Gasteiger charge is 2.05. The molecule has 108 valence electrons. The standard InChI is InChI=1S/C13H19N5S2/c1-8-7-19-11(17-8)5-15-13(14-4)16-6-12-18-9(2)10(3)20-12/h7H,5-6H2,1-4H3,(H2,14,15,16). The van der Waals surface area contributed by atoms with E-state index >= 15 is 0 Å². The Hall–Kier alpha value is -1.47. The Morgan fingerprint density at radius 2 is 1.85 bits per heavy atom. The van der Waals surface area contributed by atoms with E-state index in [2.05, 4.69) is 32.5 Å². The summed E-state index contributed by atoms with van der Waals surface area (Å²) in [4.78, 5) is 14.4. The second-order valence-corrected chi connectivity index (χ2v) is 6.64. The second kappa shape index (κ2) is 6.81. The third-order valence-corrected chi connectivity index (χ3v) is 4.82. The van der Waals surface area contributed by atoms with Crippen LogP contribution < -0.4 is 10.6 Å². The van der Waals surface area contributed by atoms with Gasteiger partial charge in [-0.25, -0.2) is 9.97 Å². The van der Waals surface area contributed by atoms with Crippen LogP contribution in [0.25, 0.3) is 0 Å². The Bertz CT molecular complexity index is 580. The molecule has 0 unspecified atom stereocenters. The smallest absolute Gasteiger partial charge is 0.191 e. The maximum atomic E-state index is 4.50. The van der Waals surface area contributed by atoms with Crippen molar-refractivity contribution in [1.29, 1.82) is 0 Å². The summed E-state index contributed by atoms with van der Waals surface area (Å²) in [7, 11) is 1.76. The van der Waals surface area contributed by atoms with E-state index in [9.17, 15) is 0 Å². The molecule has 2 heterocycles. The van der Waals surface area contributed by atoms with Crippen LogP contribution in [0.2, 0.25) is 0 Å². The minimum atomic E-state index is 0.689. The molecule has 0 bridgehead atoms. The van der Waals surface area contributed by atoms with E-state index in [-0.39, 0.29) is 0 Å². The summed E-state index contributed by atoms with van der Waals surface area (Å²) in [5.74, 6) is 0.767. The van der Waals surface area contributed by atoms with Gasteiger partial charge < -0.3 is 10.6 Å². The van der Waals surface area contributed by atoms with E-state index in [0.29, 0.717) is 13.1 Å². The van der Waals surface area contributed by atoms with Crippen molar-refractivity contribution in [3.8, 4) is 0 Å². The van der Waals surface area contributed by atoms with Crippen molar-refractivity contribution in [3.05, 3.63) is 31.7 Å². The van der Waals surface area contributed by atoms with Gasteiger partial charge in [0.15, 0.2) is 5.96 Å². The van der Waals surface area contributed by atoms with Crippen LogP contribution in [0.15, 0.2) is 10.4 Å². The fourth-order valence-electron chi connectivity index (χ4n) is 1.64. The van der Waals surface area contributed by atoms with Gasteiger partial charge in [0.2, 0.25) is 0 Å². The average Bonchev–Trinajstić information content (AvgIpc) is 2.97. The number of nitrogens with one attached hydrogen (secondary N) is 2. The Morgan fingerprint density at radius 1 is 1.15 bits per heavy atom. The monoisotopic (exact) mass is 309 g/mol. The number of aromatic nitrogens is 2. The Labute approximate surface area is 127 Å². The normalized spacial score (nSPS) is 11.7. The maximum absolute atomic E-state index is 4.50. The van der Waals surface area contributed by atoms with Crippen LogP contribution in [0.3, 0.4) is 0 Å². The minimum absolute atomic E-state index is 0.689. The van der Waals surface area contributed by atoms with Crippen molar-refractivity contribution in [2.75, 3.05) is 7.05 Å². The van der Waals surface area contributed by atoms with Crippen LogP contribution in [-0.2, 0) is 13.1 Å². The average molecular weight is 309 g/mol. The van der Waals surface area contributed by atoms with Crippen LogP contribution in [0, 0.1) is 20.8 Å². The lowest BCUT2D eigenvalue weighted by Crippen LogP contribution is -2.36. The van der Waals surface area contributed by atoms with Crippen molar-refractivity contribution in [2.45, 2.75) is 33.9 Å². The summed E-state index contributed by atoms with van der Waals surface area (Å²) in [5, 5.41) is 10.7. The van der Waals surface area contributed by atoms with Gasteiger partial charge in [-0.1, -0.05) is 0 Å². The summed E-state index contributed by atoms with van der Waals surface area (Å²) in [5.41, 5.74) is 2.16. The number of hydrogen-bond acceptors (Lipinski definition) is 5. The summed E-state index contributed by atoms with van der Waals surface area (Å²) in [6.45, 7) is 7.51. The van der Waals surface area contributed by atoms with Crippen molar-refractivity contribution in [3.63, 3.8) is 0 Å². The predicted octanol–water partition coefficient (Wildman–Crippen LogP) is 2.39. The summed E-state index contributed by atoms with van der Waals surface area (Å²) >= 11 is 3.37. The Balaban J connectivity index is 1.83. The number of hydrogen-bond donors (Lipinski definition) is 2. The number of guanidine groups is 1. The van der Waals surface area contributed by atoms with E-state index in [1.807, 2.05) is 19.2 Å². The lowest BCUT2D eigenvalue weighted by molar-refractivity contribution is 0.798. The molecule has 0 aromatic carbocycles. The molecule has 20 heavy (non-hydrogen) atoms. The molecule has 0 aliphatic heterocycles. The molecule has 0 amide bonds. The highest BCUT2D eigenvalue weighted by Crippen LogP contribution is 2.15. The highest BCUT2D eigenvalue weighted by atomic mass is 32.1. The third kappa shape index (κ3) is 4.01. The van der Waals surface area contributed by atoms with Crippen LogP contribution in [-0.4, -0.2) is 23.0 Å². The molecule has 0 saturated carbocycles. The van der Waals surface area contributed by atoms with Crippen molar-refractivity contribution < 1.29 is 0 Å². The van der Waals surface area contributed by atoms with Gasteiger partial charge in [-0.15, -0.1) is 22.7 Å². The van der Waals surface area contributed by atoms with E-state index in [1.165, 1.54) is 4.88 Å². The first-order chi connectivity index (χ1) is 9.58. The van der Waals surface area contributed by atoms with Gasteiger partial charge in [0, 0.05) is 23.0 Å². The quantitative estimate of drug-likeness (QED) is 0.672. The molecule has 0 radical (unpaired) electrons. The van der Waals surface area contributed by atoms with Gasteiger partial charge >= 0.3 is 0 Å². The second-order valence-electron chi connectivity index (χ2n) is 4.41. The van der Waals surface area contributed by atoms with Crippen molar-refractivity contribution >= 4 is 28.6 Å². The van der Waals surface area contributed by atoms with E-state index < -0.39 is 0 Å². The molecule has 5 nitrogen and oxygen atoms in total. The van der Waals surface area contributed by atoms with Crippen LogP contribution in [0.4, 0.5) is 0 Å². The lowest BCUT2D eigenvalue weighted by Gasteiger charge is -2.09. The van der Waals surface area contributed by atoms with Gasteiger partial charge in [0.25, 0.3) is 0 Å². The van der Waals surface area contributed by atoms with Crippen molar-refractivity contribution in [1.82, 2.24) is 20.6 Å². The number of aliphatic imine (C=N–C) groups is 1. The van der Waals surface area contributed by atoms with Gasteiger partial charge in [-0.3, -0.25) is 4.99 Å². The third-order valence-electron chi connectivity index (χ3n) is 2.78. The zero-order valence-corrected chi connectivity index (χ0v) is 13.8. The fraction of sp³-hybridized carbons (Fsp3) is 0.462. The molecule has 0 atom stereocenters. The fourth-order valence-corrected chi connectivity index (χ4v) is 3.22. The number of nitrogens with zero attached hydrogens (tertiary/aromatic N) is 3. The first-order valence-corrected chi connectivity index (χ1v) is 8.06. The van der Waals surface area contributed by atoms with E-state index in [0.717, 1.165) is 27.4 Å². The predicted molar refractivity (Wildman–Crippen MR) is 85.5 cm³/mol. The number of rotatable bonds is 4. The molecule has 0 aliphatic carbocycles. The van der Waals surface area contributed by atoms with Gasteiger partial charge in [-0.05, 0) is 20.8 Å². The van der Waals surface area contributed by atoms with Gasteiger partial charge in [0.05, 0.1) is 18.8 Å². The molecule has 7 heteroatoms. The first-order valence-electron chi connectivity index (χ1n) is 6.37. The molecular formula is C13H19N5S2. The summed E-state index contributed by atoms with van der Waals surface area (Å²) in [6, 6.07) is 0.